The van der Waals surface area contributed by atoms with Crippen LogP contribution in [0.2, 0.25) is 5.15 Å². The highest BCUT2D eigenvalue weighted by atomic mass is 35.5. The van der Waals surface area contributed by atoms with Crippen molar-refractivity contribution in [2.24, 2.45) is 4.99 Å². The fourth-order valence-electron chi connectivity index (χ4n) is 2.88. The Bertz CT molecular complexity index is 987. The van der Waals surface area contributed by atoms with Crippen molar-refractivity contribution < 1.29 is 4.79 Å². The maximum absolute atomic E-state index is 12.2. The molecule has 0 radical (unpaired) electrons. The number of benzene rings is 1. The van der Waals surface area contributed by atoms with Crippen LogP contribution in [0.1, 0.15) is 18.1 Å². The lowest BCUT2D eigenvalue weighted by Gasteiger charge is -2.12. The number of halogens is 1. The van der Waals surface area contributed by atoms with Crippen LogP contribution in [0.3, 0.4) is 0 Å². The van der Waals surface area contributed by atoms with E-state index in [2.05, 4.69) is 31.0 Å². The summed E-state index contributed by atoms with van der Waals surface area (Å²) in [6.07, 6.45) is 5.99. The number of rotatable bonds is 9. The maximum Gasteiger partial charge on any atom is 0.246 e. The number of anilines is 1. The van der Waals surface area contributed by atoms with E-state index in [-0.39, 0.29) is 12.5 Å². The van der Waals surface area contributed by atoms with Crippen LogP contribution in [0.25, 0.3) is 0 Å². The molecule has 1 amide bonds. The standard InChI is InChI=1S/C22H26ClN7O/c1-2-24-22(25-11-9-17-7-8-20(23)26-14-17)27-15-18-5-3-6-19(13-18)29-21(31)16-30-12-4-10-28-30/h3-8,10,12-14H,2,9,11,15-16H2,1H3,(H,29,31)(H2,24,25,27). The normalized spacial score (nSPS) is 11.2. The third kappa shape index (κ3) is 7.75. The van der Waals surface area contributed by atoms with Gasteiger partial charge in [-0.2, -0.15) is 5.10 Å². The summed E-state index contributed by atoms with van der Waals surface area (Å²) in [6, 6.07) is 13.2. The number of carbonyl (C=O) groups is 1. The Labute approximate surface area is 186 Å². The van der Waals surface area contributed by atoms with Gasteiger partial charge in [0.05, 0.1) is 6.54 Å². The van der Waals surface area contributed by atoms with Crippen LogP contribution in [0.4, 0.5) is 5.69 Å². The number of aromatic nitrogens is 3. The summed E-state index contributed by atoms with van der Waals surface area (Å²) >= 11 is 5.82. The first-order chi connectivity index (χ1) is 15.1. The van der Waals surface area contributed by atoms with Crippen LogP contribution in [0.15, 0.2) is 66.0 Å². The predicted molar refractivity (Wildman–Crippen MR) is 123 cm³/mol. The Hall–Kier alpha value is -3.39. The third-order valence-electron chi connectivity index (χ3n) is 4.33. The lowest BCUT2D eigenvalue weighted by Crippen LogP contribution is -2.38. The zero-order valence-corrected chi connectivity index (χ0v) is 18.1. The first-order valence-corrected chi connectivity index (χ1v) is 10.5. The van der Waals surface area contributed by atoms with Gasteiger partial charge in [-0.3, -0.25) is 9.48 Å². The zero-order valence-electron chi connectivity index (χ0n) is 17.4. The van der Waals surface area contributed by atoms with Gasteiger partial charge < -0.3 is 16.0 Å². The first-order valence-electron chi connectivity index (χ1n) is 10.1. The van der Waals surface area contributed by atoms with Crippen molar-refractivity contribution in [2.45, 2.75) is 26.4 Å². The number of carbonyl (C=O) groups excluding carboxylic acids is 1. The average molecular weight is 440 g/mol. The number of guanidine groups is 1. The molecular formula is C22H26ClN7O. The van der Waals surface area contributed by atoms with E-state index >= 15 is 0 Å². The Kier molecular flexibility index (Phi) is 8.42. The van der Waals surface area contributed by atoms with Crippen LogP contribution < -0.4 is 16.0 Å². The smallest absolute Gasteiger partial charge is 0.246 e. The highest BCUT2D eigenvalue weighted by Crippen LogP contribution is 2.12. The number of aliphatic imine (C=N–C) groups is 1. The Morgan fingerprint density at radius 2 is 2.06 bits per heavy atom. The van der Waals surface area contributed by atoms with E-state index < -0.39 is 0 Å². The van der Waals surface area contributed by atoms with Gasteiger partial charge in [-0.15, -0.1) is 0 Å². The second kappa shape index (κ2) is 11.7. The molecule has 0 saturated carbocycles. The topological polar surface area (TPSA) is 96.2 Å². The minimum absolute atomic E-state index is 0.129. The number of pyridine rings is 1. The second-order valence-corrected chi connectivity index (χ2v) is 7.20. The molecule has 0 aliphatic rings. The summed E-state index contributed by atoms with van der Waals surface area (Å²) in [5, 5.41) is 14.0. The second-order valence-electron chi connectivity index (χ2n) is 6.81. The molecule has 1 aromatic carbocycles. The summed E-state index contributed by atoms with van der Waals surface area (Å²) < 4.78 is 1.58. The molecule has 0 fully saturated rings. The molecule has 2 heterocycles. The monoisotopic (exact) mass is 439 g/mol. The molecule has 0 saturated heterocycles. The molecule has 0 spiro atoms. The Morgan fingerprint density at radius 1 is 1.16 bits per heavy atom. The largest absolute Gasteiger partial charge is 0.357 e. The average Bonchev–Trinajstić information content (AvgIpc) is 3.26. The van der Waals surface area contributed by atoms with Crippen LogP contribution in [0.5, 0.6) is 0 Å². The molecule has 2 aromatic heterocycles. The lowest BCUT2D eigenvalue weighted by molar-refractivity contribution is -0.116. The van der Waals surface area contributed by atoms with Crippen LogP contribution in [0, 0.1) is 0 Å². The third-order valence-corrected chi connectivity index (χ3v) is 4.56. The SMILES string of the molecule is CCNC(=NCc1cccc(NC(=O)Cn2cccn2)c1)NCCc1ccc(Cl)nc1. The van der Waals surface area contributed by atoms with Crippen molar-refractivity contribution >= 4 is 29.2 Å². The van der Waals surface area contributed by atoms with Crippen LogP contribution in [-0.2, 0) is 24.3 Å². The highest BCUT2D eigenvalue weighted by Gasteiger charge is 2.05. The van der Waals surface area contributed by atoms with Gasteiger partial charge in [0, 0.05) is 37.4 Å². The van der Waals surface area contributed by atoms with Crippen molar-refractivity contribution in [3.05, 3.63) is 77.3 Å². The van der Waals surface area contributed by atoms with Gasteiger partial charge >= 0.3 is 0 Å². The summed E-state index contributed by atoms with van der Waals surface area (Å²) in [6.45, 7) is 4.17. The molecule has 8 nitrogen and oxygen atoms in total. The summed E-state index contributed by atoms with van der Waals surface area (Å²) in [5.74, 6) is 0.605. The van der Waals surface area contributed by atoms with Crippen molar-refractivity contribution in [3.8, 4) is 0 Å². The van der Waals surface area contributed by atoms with E-state index in [4.69, 9.17) is 11.6 Å². The van der Waals surface area contributed by atoms with Crippen molar-refractivity contribution in [3.63, 3.8) is 0 Å². The summed E-state index contributed by atoms with van der Waals surface area (Å²) in [5.41, 5.74) is 2.83. The van der Waals surface area contributed by atoms with Gasteiger partial charge in [0.25, 0.3) is 0 Å². The van der Waals surface area contributed by atoms with Gasteiger partial charge in [0.15, 0.2) is 5.96 Å². The minimum atomic E-state index is -0.129. The van der Waals surface area contributed by atoms with Gasteiger partial charge in [-0.05, 0) is 48.7 Å². The molecule has 0 bridgehead atoms. The molecule has 0 aliphatic heterocycles. The van der Waals surface area contributed by atoms with E-state index in [1.807, 2.05) is 37.3 Å². The van der Waals surface area contributed by atoms with Crippen LogP contribution in [-0.4, -0.2) is 39.7 Å². The number of amides is 1. The Balaban J connectivity index is 1.52. The van der Waals surface area contributed by atoms with Crippen molar-refractivity contribution in [2.75, 3.05) is 18.4 Å². The molecular weight excluding hydrogens is 414 g/mol. The van der Waals surface area contributed by atoms with E-state index in [1.165, 1.54) is 0 Å². The summed E-state index contributed by atoms with van der Waals surface area (Å²) in [7, 11) is 0. The van der Waals surface area contributed by atoms with E-state index in [1.54, 1.807) is 35.4 Å². The highest BCUT2D eigenvalue weighted by molar-refractivity contribution is 6.29. The Morgan fingerprint density at radius 3 is 2.81 bits per heavy atom. The predicted octanol–water partition coefficient (Wildman–Crippen LogP) is 2.87. The molecule has 0 atom stereocenters. The maximum atomic E-state index is 12.2. The quantitative estimate of drug-likeness (QED) is 0.270. The zero-order chi connectivity index (χ0) is 21.9. The van der Waals surface area contributed by atoms with E-state index in [0.717, 1.165) is 42.3 Å². The van der Waals surface area contributed by atoms with Gasteiger partial charge in [-0.25, -0.2) is 9.98 Å². The van der Waals surface area contributed by atoms with Crippen molar-refractivity contribution in [1.29, 1.82) is 0 Å². The van der Waals surface area contributed by atoms with Gasteiger partial charge in [-0.1, -0.05) is 29.8 Å². The molecule has 3 rings (SSSR count). The molecule has 31 heavy (non-hydrogen) atoms. The molecule has 9 heteroatoms. The number of hydrogen-bond donors (Lipinski definition) is 3. The number of hydrogen-bond acceptors (Lipinski definition) is 4. The van der Waals surface area contributed by atoms with E-state index in [0.29, 0.717) is 11.7 Å². The number of nitrogens with zero attached hydrogens (tertiary/aromatic N) is 4. The lowest BCUT2D eigenvalue weighted by atomic mass is 10.2. The fourth-order valence-corrected chi connectivity index (χ4v) is 2.99. The molecule has 0 unspecified atom stereocenters. The van der Waals surface area contributed by atoms with Crippen molar-refractivity contribution in [1.82, 2.24) is 25.4 Å². The molecule has 3 aromatic rings. The molecule has 162 valence electrons. The minimum Gasteiger partial charge on any atom is -0.357 e. The van der Waals surface area contributed by atoms with Gasteiger partial charge in [0.1, 0.15) is 11.7 Å². The van der Waals surface area contributed by atoms with Crippen LogP contribution >= 0.6 is 11.6 Å². The molecule has 0 aliphatic carbocycles. The summed E-state index contributed by atoms with van der Waals surface area (Å²) in [4.78, 5) is 20.9. The van der Waals surface area contributed by atoms with E-state index in [9.17, 15) is 4.79 Å². The molecule has 3 N–H and O–H groups in total. The fraction of sp³-hybridized carbons (Fsp3) is 0.273. The van der Waals surface area contributed by atoms with Gasteiger partial charge in [0.2, 0.25) is 5.91 Å². The first kappa shape index (κ1) is 22.3. The number of nitrogens with one attached hydrogen (secondary N) is 3.